The van der Waals surface area contributed by atoms with E-state index in [9.17, 15) is 4.79 Å². The second-order valence-electron chi connectivity index (χ2n) is 3.03. The minimum Gasteiger partial charge on any atom is -0.421 e. The highest BCUT2D eigenvalue weighted by Gasteiger charge is 2.07. The predicted octanol–water partition coefficient (Wildman–Crippen LogP) is 1.67. The monoisotopic (exact) mass is 186 g/mol. The van der Waals surface area contributed by atoms with Crippen LogP contribution in [0.4, 0.5) is 0 Å². The molecule has 2 heterocycles. The molecule has 0 unspecified atom stereocenters. The molecule has 0 amide bonds. The molecule has 0 aliphatic rings. The molecule has 0 saturated carbocycles. The van der Waals surface area contributed by atoms with Crippen molar-refractivity contribution >= 4 is 21.9 Å². The number of benzene rings is 1. The van der Waals surface area contributed by atoms with Crippen LogP contribution in [0.25, 0.3) is 21.9 Å². The molecule has 3 aromatic rings. The first kappa shape index (κ1) is 7.32. The minimum absolute atomic E-state index is 0.351. The summed E-state index contributed by atoms with van der Waals surface area (Å²) >= 11 is 0. The molecule has 0 spiro atoms. The zero-order valence-corrected chi connectivity index (χ0v) is 7.15. The van der Waals surface area contributed by atoms with Crippen molar-refractivity contribution in [2.45, 2.75) is 0 Å². The highest BCUT2D eigenvalue weighted by Crippen LogP contribution is 2.19. The van der Waals surface area contributed by atoms with Crippen LogP contribution in [0.2, 0.25) is 0 Å². The Bertz CT molecular complexity index is 666. The number of aromatic amines is 1. The van der Waals surface area contributed by atoms with E-state index in [0.717, 1.165) is 10.8 Å². The molecule has 1 N–H and O–H groups in total. The normalized spacial score (nSPS) is 11.1. The first-order chi connectivity index (χ1) is 6.86. The van der Waals surface area contributed by atoms with Gasteiger partial charge in [-0.05, 0) is 6.07 Å². The van der Waals surface area contributed by atoms with Crippen molar-refractivity contribution in [3.05, 3.63) is 40.9 Å². The van der Waals surface area contributed by atoms with Crippen molar-refractivity contribution in [2.24, 2.45) is 0 Å². The Balaban J connectivity index is 2.73. The van der Waals surface area contributed by atoms with Crippen molar-refractivity contribution < 1.29 is 4.42 Å². The molecule has 0 saturated heterocycles. The maximum absolute atomic E-state index is 11.4. The lowest BCUT2D eigenvalue weighted by molar-refractivity contribution is 0.568. The molecular formula is C10H6N2O2. The van der Waals surface area contributed by atoms with Gasteiger partial charge >= 0.3 is 5.63 Å². The third-order valence-electron chi connectivity index (χ3n) is 2.21. The summed E-state index contributed by atoms with van der Waals surface area (Å²) in [7, 11) is 0. The number of para-hydroxylation sites is 1. The second-order valence-corrected chi connectivity index (χ2v) is 3.03. The standard InChI is InChI=1S/C10H6N2O2/c13-10-9-7(5-11-12-9)6-3-1-2-4-8(6)14-10/h1-5H,(H,11,12). The van der Waals surface area contributed by atoms with E-state index in [4.69, 9.17) is 4.42 Å². The average molecular weight is 186 g/mol. The molecule has 68 valence electrons. The molecule has 0 atom stereocenters. The summed E-state index contributed by atoms with van der Waals surface area (Å²) in [6.07, 6.45) is 1.70. The predicted molar refractivity (Wildman–Crippen MR) is 52.1 cm³/mol. The lowest BCUT2D eigenvalue weighted by atomic mass is 10.2. The minimum atomic E-state index is -0.403. The third kappa shape index (κ3) is 0.821. The zero-order valence-electron chi connectivity index (χ0n) is 7.15. The van der Waals surface area contributed by atoms with Crippen LogP contribution in [0.15, 0.2) is 39.7 Å². The summed E-state index contributed by atoms with van der Waals surface area (Å²) < 4.78 is 5.10. The van der Waals surface area contributed by atoms with Gasteiger partial charge in [0.2, 0.25) is 0 Å². The van der Waals surface area contributed by atoms with E-state index in [0.29, 0.717) is 11.1 Å². The molecule has 4 heteroatoms. The van der Waals surface area contributed by atoms with Gasteiger partial charge in [-0.15, -0.1) is 0 Å². The SMILES string of the molecule is O=c1oc2ccccc2c2c[nH]nc12. The molecule has 0 radical (unpaired) electrons. The number of aromatic nitrogens is 2. The van der Waals surface area contributed by atoms with Crippen molar-refractivity contribution in [1.82, 2.24) is 10.2 Å². The molecule has 2 aromatic heterocycles. The smallest absolute Gasteiger partial charge is 0.364 e. The van der Waals surface area contributed by atoms with Crippen LogP contribution in [-0.2, 0) is 0 Å². The Morgan fingerprint density at radius 2 is 2.07 bits per heavy atom. The van der Waals surface area contributed by atoms with Crippen LogP contribution in [0.3, 0.4) is 0 Å². The molecule has 1 aromatic carbocycles. The molecule has 0 aliphatic carbocycles. The van der Waals surface area contributed by atoms with Gasteiger partial charge in [0.1, 0.15) is 5.58 Å². The van der Waals surface area contributed by atoms with E-state index in [2.05, 4.69) is 10.2 Å². The van der Waals surface area contributed by atoms with E-state index in [-0.39, 0.29) is 0 Å². The number of H-pyrrole nitrogens is 1. The summed E-state index contributed by atoms with van der Waals surface area (Å²) in [5.74, 6) is 0. The van der Waals surface area contributed by atoms with Crippen LogP contribution < -0.4 is 5.63 Å². The number of nitrogens with one attached hydrogen (secondary N) is 1. The van der Waals surface area contributed by atoms with Crippen LogP contribution in [0.1, 0.15) is 0 Å². The number of nitrogens with zero attached hydrogens (tertiary/aromatic N) is 1. The van der Waals surface area contributed by atoms with Crippen LogP contribution >= 0.6 is 0 Å². The summed E-state index contributed by atoms with van der Waals surface area (Å²) in [5.41, 5.74) is 0.537. The van der Waals surface area contributed by atoms with Gasteiger partial charge in [0.15, 0.2) is 5.52 Å². The quantitative estimate of drug-likeness (QED) is 0.543. The maximum Gasteiger partial charge on any atom is 0.364 e. The molecule has 0 fully saturated rings. The lowest BCUT2D eigenvalue weighted by Crippen LogP contribution is -1.98. The second kappa shape index (κ2) is 2.45. The Labute approximate surface area is 78.2 Å². The van der Waals surface area contributed by atoms with E-state index >= 15 is 0 Å². The van der Waals surface area contributed by atoms with Crippen molar-refractivity contribution in [3.63, 3.8) is 0 Å². The highest BCUT2D eigenvalue weighted by atomic mass is 16.4. The first-order valence-electron chi connectivity index (χ1n) is 4.21. The molecule has 0 aliphatic heterocycles. The Hall–Kier alpha value is -2.10. The Kier molecular flexibility index (Phi) is 1.28. The summed E-state index contributed by atoms with van der Waals surface area (Å²) in [6.45, 7) is 0. The van der Waals surface area contributed by atoms with Crippen LogP contribution in [0.5, 0.6) is 0 Å². The van der Waals surface area contributed by atoms with Gasteiger partial charge < -0.3 is 4.42 Å². The van der Waals surface area contributed by atoms with E-state index < -0.39 is 5.63 Å². The maximum atomic E-state index is 11.4. The van der Waals surface area contributed by atoms with Crippen molar-refractivity contribution in [1.29, 1.82) is 0 Å². The van der Waals surface area contributed by atoms with E-state index in [1.54, 1.807) is 12.3 Å². The van der Waals surface area contributed by atoms with Crippen molar-refractivity contribution in [3.8, 4) is 0 Å². The van der Waals surface area contributed by atoms with Gasteiger partial charge in [-0.3, -0.25) is 5.10 Å². The highest BCUT2D eigenvalue weighted by molar-refractivity contribution is 6.02. The third-order valence-corrected chi connectivity index (χ3v) is 2.21. The number of rotatable bonds is 0. The molecule has 0 bridgehead atoms. The van der Waals surface area contributed by atoms with Gasteiger partial charge in [-0.2, -0.15) is 5.10 Å². The van der Waals surface area contributed by atoms with Gasteiger partial charge in [-0.1, -0.05) is 18.2 Å². The van der Waals surface area contributed by atoms with Crippen molar-refractivity contribution in [2.75, 3.05) is 0 Å². The fourth-order valence-electron chi connectivity index (χ4n) is 1.58. The van der Waals surface area contributed by atoms with Crippen LogP contribution in [-0.4, -0.2) is 10.2 Å². The fourth-order valence-corrected chi connectivity index (χ4v) is 1.58. The van der Waals surface area contributed by atoms with E-state index in [1.807, 2.05) is 18.2 Å². The number of hydrogen-bond acceptors (Lipinski definition) is 3. The summed E-state index contributed by atoms with van der Waals surface area (Å²) in [5, 5.41) is 8.20. The first-order valence-corrected chi connectivity index (χ1v) is 4.21. The van der Waals surface area contributed by atoms with E-state index in [1.165, 1.54) is 0 Å². The molecule has 14 heavy (non-hydrogen) atoms. The number of fused-ring (bicyclic) bond motifs is 3. The average Bonchev–Trinajstić information content (AvgIpc) is 2.67. The van der Waals surface area contributed by atoms with Gasteiger partial charge in [0, 0.05) is 17.0 Å². The topological polar surface area (TPSA) is 58.9 Å². The largest absolute Gasteiger partial charge is 0.421 e. The molecule has 4 nitrogen and oxygen atoms in total. The fraction of sp³-hybridized carbons (Fsp3) is 0. The lowest BCUT2D eigenvalue weighted by Gasteiger charge is -1.95. The Morgan fingerprint density at radius 1 is 1.21 bits per heavy atom. The van der Waals surface area contributed by atoms with Gasteiger partial charge in [0.25, 0.3) is 0 Å². The van der Waals surface area contributed by atoms with Crippen LogP contribution in [0, 0.1) is 0 Å². The van der Waals surface area contributed by atoms with Gasteiger partial charge in [0.05, 0.1) is 0 Å². The number of hydrogen-bond donors (Lipinski definition) is 1. The summed E-state index contributed by atoms with van der Waals surface area (Å²) in [4.78, 5) is 11.4. The molecular weight excluding hydrogens is 180 g/mol. The Morgan fingerprint density at radius 3 is 3.00 bits per heavy atom. The van der Waals surface area contributed by atoms with Gasteiger partial charge in [-0.25, -0.2) is 4.79 Å². The molecule has 3 rings (SSSR count). The zero-order chi connectivity index (χ0) is 9.54. The summed E-state index contributed by atoms with van der Waals surface area (Å²) in [6, 6.07) is 7.39.